The molecule has 2 N–H and O–H groups in total. The molecule has 1 aromatic rings. The molecular formula is C11H18N2S2. The van der Waals surface area contributed by atoms with Crippen LogP contribution in [0.5, 0.6) is 0 Å². The first-order valence-corrected chi connectivity index (χ1v) is 7.59. The zero-order chi connectivity index (χ0) is 10.5. The third-order valence-corrected chi connectivity index (χ3v) is 5.20. The topological polar surface area (TPSA) is 38.9 Å². The fourth-order valence-corrected chi connectivity index (χ4v) is 4.23. The van der Waals surface area contributed by atoms with E-state index < -0.39 is 0 Å². The SMILES string of the molecule is NCCCc1csc(C2CCCCS2)n1. The normalized spacial score (nSPS) is 21.8. The Morgan fingerprint density at radius 1 is 1.47 bits per heavy atom. The largest absolute Gasteiger partial charge is 0.330 e. The van der Waals surface area contributed by atoms with Crippen LogP contribution in [0.1, 0.15) is 41.6 Å². The van der Waals surface area contributed by atoms with Crippen LogP contribution in [-0.4, -0.2) is 17.3 Å². The van der Waals surface area contributed by atoms with Crippen molar-refractivity contribution in [1.82, 2.24) is 4.98 Å². The van der Waals surface area contributed by atoms with Crippen LogP contribution in [0.15, 0.2) is 5.38 Å². The fraction of sp³-hybridized carbons (Fsp3) is 0.727. The molecule has 2 heterocycles. The van der Waals surface area contributed by atoms with Gasteiger partial charge >= 0.3 is 0 Å². The molecule has 2 rings (SSSR count). The van der Waals surface area contributed by atoms with Gasteiger partial charge in [-0.05, 0) is 38.0 Å². The van der Waals surface area contributed by atoms with Crippen LogP contribution in [0.25, 0.3) is 0 Å². The molecule has 1 atom stereocenters. The maximum Gasteiger partial charge on any atom is 0.106 e. The van der Waals surface area contributed by atoms with E-state index in [1.807, 2.05) is 11.3 Å². The molecule has 4 heteroatoms. The van der Waals surface area contributed by atoms with Crippen molar-refractivity contribution in [1.29, 1.82) is 0 Å². The zero-order valence-corrected chi connectivity index (χ0v) is 10.6. The van der Waals surface area contributed by atoms with Gasteiger partial charge in [0.1, 0.15) is 5.01 Å². The van der Waals surface area contributed by atoms with Crippen molar-refractivity contribution in [3.05, 3.63) is 16.1 Å². The maximum atomic E-state index is 5.50. The van der Waals surface area contributed by atoms with Crippen LogP contribution in [0.2, 0.25) is 0 Å². The van der Waals surface area contributed by atoms with Gasteiger partial charge in [0.25, 0.3) is 0 Å². The Morgan fingerprint density at radius 3 is 3.13 bits per heavy atom. The van der Waals surface area contributed by atoms with Crippen molar-refractivity contribution >= 4 is 23.1 Å². The van der Waals surface area contributed by atoms with Gasteiger partial charge in [0.15, 0.2) is 0 Å². The molecule has 0 aliphatic carbocycles. The van der Waals surface area contributed by atoms with Gasteiger partial charge in [0.05, 0.1) is 10.9 Å². The lowest BCUT2D eigenvalue weighted by atomic mass is 10.2. The highest BCUT2D eigenvalue weighted by Crippen LogP contribution is 2.39. The monoisotopic (exact) mass is 242 g/mol. The third-order valence-electron chi connectivity index (χ3n) is 2.66. The lowest BCUT2D eigenvalue weighted by molar-refractivity contribution is 0.681. The first kappa shape index (κ1) is 11.4. The van der Waals surface area contributed by atoms with Crippen molar-refractivity contribution in [2.24, 2.45) is 5.73 Å². The molecule has 2 nitrogen and oxygen atoms in total. The van der Waals surface area contributed by atoms with E-state index >= 15 is 0 Å². The molecule has 0 radical (unpaired) electrons. The van der Waals surface area contributed by atoms with E-state index in [2.05, 4.69) is 17.1 Å². The summed E-state index contributed by atoms with van der Waals surface area (Å²) in [6.45, 7) is 0.769. The van der Waals surface area contributed by atoms with E-state index in [9.17, 15) is 0 Å². The number of aryl methyl sites for hydroxylation is 1. The van der Waals surface area contributed by atoms with Gasteiger partial charge in [-0.15, -0.1) is 11.3 Å². The predicted octanol–water partition coefficient (Wildman–Crippen LogP) is 2.99. The zero-order valence-electron chi connectivity index (χ0n) is 8.95. The van der Waals surface area contributed by atoms with Gasteiger partial charge in [0.2, 0.25) is 0 Å². The van der Waals surface area contributed by atoms with Crippen molar-refractivity contribution < 1.29 is 0 Å². The second-order valence-corrected chi connectivity index (χ2v) is 6.12. The maximum absolute atomic E-state index is 5.50. The van der Waals surface area contributed by atoms with Crippen LogP contribution in [0, 0.1) is 0 Å². The highest BCUT2D eigenvalue weighted by Gasteiger charge is 2.18. The number of hydrogen-bond donors (Lipinski definition) is 1. The summed E-state index contributed by atoms with van der Waals surface area (Å²) in [5.74, 6) is 1.31. The van der Waals surface area contributed by atoms with Crippen molar-refractivity contribution in [3.8, 4) is 0 Å². The average Bonchev–Trinajstić information content (AvgIpc) is 2.76. The van der Waals surface area contributed by atoms with Crippen molar-refractivity contribution in [3.63, 3.8) is 0 Å². The molecule has 84 valence electrons. The molecule has 1 unspecified atom stereocenters. The standard InChI is InChI=1S/C11H18N2S2/c12-6-3-4-9-8-15-11(13-9)10-5-1-2-7-14-10/h8,10H,1-7,12H2. The molecule has 0 aromatic carbocycles. The lowest BCUT2D eigenvalue weighted by Gasteiger charge is -2.18. The van der Waals surface area contributed by atoms with E-state index in [-0.39, 0.29) is 0 Å². The van der Waals surface area contributed by atoms with Gasteiger partial charge in [-0.1, -0.05) is 6.42 Å². The number of nitrogens with two attached hydrogens (primary N) is 1. The Kier molecular flexibility index (Phi) is 4.47. The van der Waals surface area contributed by atoms with Gasteiger partial charge in [-0.2, -0.15) is 11.8 Å². The number of aromatic nitrogens is 1. The Labute approximate surface area is 99.7 Å². The Hall–Kier alpha value is -0.0600. The van der Waals surface area contributed by atoms with Crippen LogP contribution < -0.4 is 5.73 Å². The van der Waals surface area contributed by atoms with E-state index in [1.54, 1.807) is 0 Å². The summed E-state index contributed by atoms with van der Waals surface area (Å²) in [6, 6.07) is 0. The smallest absolute Gasteiger partial charge is 0.106 e. The number of thioether (sulfide) groups is 1. The number of nitrogens with zero attached hydrogens (tertiary/aromatic N) is 1. The van der Waals surface area contributed by atoms with Crippen LogP contribution in [0.4, 0.5) is 0 Å². The second-order valence-electron chi connectivity index (χ2n) is 3.92. The molecule has 1 fully saturated rings. The molecule has 1 aromatic heterocycles. The molecule has 0 bridgehead atoms. The highest BCUT2D eigenvalue weighted by atomic mass is 32.2. The van der Waals surface area contributed by atoms with Crippen LogP contribution >= 0.6 is 23.1 Å². The predicted molar refractivity (Wildman–Crippen MR) is 68.5 cm³/mol. The van der Waals surface area contributed by atoms with Gasteiger partial charge < -0.3 is 5.73 Å². The Bertz CT molecular complexity index is 293. The molecular weight excluding hydrogens is 224 g/mol. The van der Waals surface area contributed by atoms with Gasteiger partial charge in [0, 0.05) is 5.38 Å². The summed E-state index contributed by atoms with van der Waals surface area (Å²) in [5.41, 5.74) is 6.74. The van der Waals surface area contributed by atoms with Crippen LogP contribution in [-0.2, 0) is 6.42 Å². The van der Waals surface area contributed by atoms with Crippen molar-refractivity contribution in [2.75, 3.05) is 12.3 Å². The van der Waals surface area contributed by atoms with Crippen LogP contribution in [0.3, 0.4) is 0 Å². The second kappa shape index (κ2) is 5.87. The fourth-order valence-electron chi connectivity index (χ4n) is 1.80. The minimum atomic E-state index is 0.676. The quantitative estimate of drug-likeness (QED) is 0.882. The summed E-state index contributed by atoms with van der Waals surface area (Å²) in [7, 11) is 0. The average molecular weight is 242 g/mol. The summed E-state index contributed by atoms with van der Waals surface area (Å²) in [5, 5.41) is 4.22. The summed E-state index contributed by atoms with van der Waals surface area (Å²) in [4.78, 5) is 4.71. The first-order valence-electron chi connectivity index (χ1n) is 5.66. The molecule has 1 saturated heterocycles. The summed E-state index contributed by atoms with van der Waals surface area (Å²) in [6.07, 6.45) is 6.17. The minimum Gasteiger partial charge on any atom is -0.330 e. The van der Waals surface area contributed by atoms with E-state index in [4.69, 9.17) is 10.7 Å². The van der Waals surface area contributed by atoms with E-state index in [0.29, 0.717) is 5.25 Å². The molecule has 15 heavy (non-hydrogen) atoms. The molecule has 1 aliphatic rings. The van der Waals surface area contributed by atoms with E-state index in [0.717, 1.165) is 19.4 Å². The molecule has 1 aliphatic heterocycles. The van der Waals surface area contributed by atoms with Gasteiger partial charge in [-0.25, -0.2) is 4.98 Å². The summed E-state index contributed by atoms with van der Waals surface area (Å²) < 4.78 is 0. The number of rotatable bonds is 4. The highest BCUT2D eigenvalue weighted by molar-refractivity contribution is 7.99. The minimum absolute atomic E-state index is 0.676. The van der Waals surface area contributed by atoms with Gasteiger partial charge in [-0.3, -0.25) is 0 Å². The lowest BCUT2D eigenvalue weighted by Crippen LogP contribution is -2.03. The van der Waals surface area contributed by atoms with Crippen molar-refractivity contribution in [2.45, 2.75) is 37.4 Å². The number of hydrogen-bond acceptors (Lipinski definition) is 4. The third kappa shape index (κ3) is 3.20. The molecule has 0 saturated carbocycles. The van der Waals surface area contributed by atoms with E-state index in [1.165, 1.54) is 35.7 Å². The first-order chi connectivity index (χ1) is 7.40. The molecule has 0 spiro atoms. The molecule has 0 amide bonds. The Morgan fingerprint density at radius 2 is 2.40 bits per heavy atom. The Balaban J connectivity index is 1.93. The number of thiazole rings is 1. The summed E-state index contributed by atoms with van der Waals surface area (Å²) >= 11 is 3.91.